The molecule has 3 heterocycles. The number of halogens is 7. The van der Waals surface area contributed by atoms with Gasteiger partial charge in [0.05, 0.1) is 30.6 Å². The molecule has 10 nitrogen and oxygen atoms in total. The van der Waals surface area contributed by atoms with E-state index >= 15 is 0 Å². The first kappa shape index (κ1) is 37.4. The molecular formula is C33H22Br3F3IN3O7. The van der Waals surface area contributed by atoms with Crippen molar-refractivity contribution >= 4 is 99.2 Å². The van der Waals surface area contributed by atoms with E-state index in [4.69, 9.17) is 19.4 Å². The molecule has 1 atom stereocenters. The number of ether oxygens (including phenoxy) is 1. The molecule has 50 heavy (non-hydrogen) atoms. The third-order valence-corrected chi connectivity index (χ3v) is 10.2. The first-order valence-corrected chi connectivity index (χ1v) is 17.5. The van der Waals surface area contributed by atoms with Crippen LogP contribution in [-0.4, -0.2) is 46.6 Å². The maximum absolute atomic E-state index is 13.9. The summed E-state index contributed by atoms with van der Waals surface area (Å²) in [5.41, 5.74) is -0.193. The van der Waals surface area contributed by atoms with E-state index in [1.54, 1.807) is 24.3 Å². The van der Waals surface area contributed by atoms with Gasteiger partial charge in [0.2, 0.25) is 0 Å². The molecule has 0 unspecified atom stereocenters. The number of carbonyl (C=O) groups is 3. The van der Waals surface area contributed by atoms with E-state index in [0.29, 0.717) is 29.2 Å². The lowest BCUT2D eigenvalue weighted by atomic mass is 9.95. The van der Waals surface area contributed by atoms with Crippen LogP contribution < -0.4 is 15.4 Å². The van der Waals surface area contributed by atoms with E-state index < -0.39 is 34.9 Å². The minimum atomic E-state index is -1.65. The third-order valence-electron chi connectivity index (χ3n) is 7.44. The lowest BCUT2D eigenvalue weighted by Crippen LogP contribution is -2.52. The molecule has 0 bridgehead atoms. The summed E-state index contributed by atoms with van der Waals surface area (Å²) in [6.45, 7) is 0.0906. The van der Waals surface area contributed by atoms with Crippen molar-refractivity contribution in [3.8, 4) is 17.2 Å². The monoisotopic (exact) mass is 993 g/mol. The van der Waals surface area contributed by atoms with Crippen molar-refractivity contribution in [1.82, 2.24) is 15.5 Å². The van der Waals surface area contributed by atoms with Crippen LogP contribution in [0.2, 0.25) is 0 Å². The molecular weight excluding hydrogens is 974 g/mol. The molecule has 1 saturated heterocycles. The SMILES string of the molecule is COc1ccc2c(c1)C(=O)N(C[C@@]1(c3cc4cc(Br)c(F)cc4o3)NC(=O)NC1=O)C2.Oc1cc(F)c(Br)cc1I.Oc1ccc(Br)c(F)c1. The van der Waals surface area contributed by atoms with Crippen LogP contribution in [0.4, 0.5) is 18.0 Å². The first-order chi connectivity index (χ1) is 23.6. The van der Waals surface area contributed by atoms with E-state index in [-0.39, 0.29) is 46.3 Å². The van der Waals surface area contributed by atoms with Crippen LogP contribution in [0.1, 0.15) is 21.7 Å². The van der Waals surface area contributed by atoms with Gasteiger partial charge in [-0.05, 0) is 118 Å². The molecule has 5 aromatic rings. The molecule has 4 N–H and O–H groups in total. The Labute approximate surface area is 320 Å². The van der Waals surface area contributed by atoms with Gasteiger partial charge in [0.15, 0.2) is 5.54 Å². The minimum Gasteiger partial charge on any atom is -0.508 e. The predicted octanol–water partition coefficient (Wildman–Crippen LogP) is 8.23. The summed E-state index contributed by atoms with van der Waals surface area (Å²) < 4.78 is 51.4. The zero-order chi connectivity index (χ0) is 36.5. The molecule has 0 saturated carbocycles. The highest BCUT2D eigenvalue weighted by molar-refractivity contribution is 14.1. The fourth-order valence-electron chi connectivity index (χ4n) is 4.98. The summed E-state index contributed by atoms with van der Waals surface area (Å²) in [5.74, 6) is -1.82. The van der Waals surface area contributed by atoms with Crippen LogP contribution in [0.25, 0.3) is 11.0 Å². The standard InChI is InChI=1S/C21H15BrFN3O5.C6H3BrFIO.C6H4BrFO/c1-30-12-3-2-10-8-26(18(27)13(10)6-12)9-21(19(28)24-20(29)25-21)17-5-11-4-14(22)15(23)7-16(11)31-17;7-3-1-5(9)6(10)2-4(3)8;7-5-2-1-4(9)3-6(5)8/h2-7H,8-9H2,1H3,(H2,24,25,28,29);1-2,10H;1-3,9H/t21-;;/m0../s1. The van der Waals surface area contributed by atoms with E-state index in [9.17, 15) is 27.6 Å². The molecule has 0 spiro atoms. The Morgan fingerprint density at radius 1 is 0.900 bits per heavy atom. The van der Waals surface area contributed by atoms with Crippen LogP contribution in [0.15, 0.2) is 84.6 Å². The Kier molecular flexibility index (Phi) is 11.4. The second-order valence-corrected chi connectivity index (χ2v) is 14.5. The molecule has 4 amide bonds. The smallest absolute Gasteiger partial charge is 0.322 e. The van der Waals surface area contributed by atoms with Gasteiger partial charge in [-0.1, -0.05) is 6.07 Å². The number of benzene rings is 4. The number of nitrogens with one attached hydrogen (secondary N) is 2. The highest BCUT2D eigenvalue weighted by Gasteiger charge is 2.53. The van der Waals surface area contributed by atoms with Crippen LogP contribution >= 0.6 is 70.4 Å². The van der Waals surface area contributed by atoms with Crippen molar-refractivity contribution in [1.29, 1.82) is 0 Å². The summed E-state index contributed by atoms with van der Waals surface area (Å²) >= 11 is 11.0. The number of carbonyl (C=O) groups excluding carboxylic acids is 3. The van der Waals surface area contributed by atoms with Gasteiger partial charge in [0.1, 0.15) is 46.0 Å². The van der Waals surface area contributed by atoms with Crippen LogP contribution in [0.3, 0.4) is 0 Å². The molecule has 7 rings (SSSR count). The second-order valence-electron chi connectivity index (χ2n) is 10.7. The number of rotatable bonds is 4. The number of phenolic OH excluding ortho intramolecular Hbond substituents is 2. The molecule has 2 aliphatic rings. The maximum Gasteiger partial charge on any atom is 0.322 e. The number of fused-ring (bicyclic) bond motifs is 2. The van der Waals surface area contributed by atoms with Crippen molar-refractivity contribution < 1.29 is 46.9 Å². The van der Waals surface area contributed by atoms with Gasteiger partial charge >= 0.3 is 6.03 Å². The van der Waals surface area contributed by atoms with Crippen molar-refractivity contribution in [2.45, 2.75) is 12.1 Å². The number of nitrogens with zero attached hydrogens (tertiary/aromatic N) is 1. The topological polar surface area (TPSA) is 141 Å². The first-order valence-electron chi connectivity index (χ1n) is 14.1. The number of urea groups is 1. The Morgan fingerprint density at radius 2 is 1.58 bits per heavy atom. The average molecular weight is 996 g/mol. The normalized spacial score (nSPS) is 16.2. The number of methoxy groups -OCH3 is 1. The van der Waals surface area contributed by atoms with Gasteiger partial charge in [0, 0.05) is 35.7 Å². The number of hydrogen-bond acceptors (Lipinski definition) is 7. The Hall–Kier alpha value is -3.81. The van der Waals surface area contributed by atoms with Crippen molar-refractivity contribution in [3.05, 3.63) is 118 Å². The van der Waals surface area contributed by atoms with Gasteiger partial charge in [-0.25, -0.2) is 18.0 Å². The second kappa shape index (κ2) is 15.2. The maximum atomic E-state index is 13.9. The molecule has 0 aliphatic carbocycles. The zero-order valence-electron chi connectivity index (χ0n) is 25.3. The largest absolute Gasteiger partial charge is 0.508 e. The van der Waals surface area contributed by atoms with E-state index in [0.717, 1.165) is 17.7 Å². The molecule has 4 aromatic carbocycles. The lowest BCUT2D eigenvalue weighted by Gasteiger charge is -2.29. The average Bonchev–Trinajstić information content (AvgIpc) is 3.71. The summed E-state index contributed by atoms with van der Waals surface area (Å²) in [4.78, 5) is 39.4. The van der Waals surface area contributed by atoms with Gasteiger partial charge in [-0.2, -0.15) is 0 Å². The summed E-state index contributed by atoms with van der Waals surface area (Å²) in [6, 6.07) is 15.2. The highest BCUT2D eigenvalue weighted by Crippen LogP contribution is 2.36. The van der Waals surface area contributed by atoms with Crippen molar-refractivity contribution in [2.75, 3.05) is 13.7 Å². The van der Waals surface area contributed by atoms with Crippen molar-refractivity contribution in [2.24, 2.45) is 0 Å². The fourth-order valence-corrected chi connectivity index (χ4v) is 6.82. The number of furan rings is 1. The minimum absolute atomic E-state index is 0.0266. The van der Waals surface area contributed by atoms with Gasteiger partial charge in [0.25, 0.3) is 11.8 Å². The predicted molar refractivity (Wildman–Crippen MR) is 194 cm³/mol. The zero-order valence-corrected chi connectivity index (χ0v) is 32.2. The fraction of sp³-hybridized carbons (Fsp3) is 0.121. The molecule has 17 heteroatoms. The van der Waals surface area contributed by atoms with E-state index in [1.165, 1.54) is 42.3 Å². The quantitative estimate of drug-likeness (QED) is 0.0809. The lowest BCUT2D eigenvalue weighted by molar-refractivity contribution is -0.125. The summed E-state index contributed by atoms with van der Waals surface area (Å²) in [5, 5.41) is 23.0. The third kappa shape index (κ3) is 7.89. The van der Waals surface area contributed by atoms with Crippen LogP contribution in [0.5, 0.6) is 17.2 Å². The Balaban J connectivity index is 0.000000208. The number of imide groups is 1. The van der Waals surface area contributed by atoms with E-state index in [2.05, 4.69) is 58.4 Å². The number of aromatic hydroxyl groups is 2. The highest BCUT2D eigenvalue weighted by atomic mass is 127. The van der Waals surface area contributed by atoms with Crippen LogP contribution in [0, 0.1) is 21.0 Å². The van der Waals surface area contributed by atoms with Crippen LogP contribution in [-0.2, 0) is 16.9 Å². The molecule has 1 fully saturated rings. The Morgan fingerprint density at radius 3 is 2.20 bits per heavy atom. The van der Waals surface area contributed by atoms with Crippen molar-refractivity contribution in [3.63, 3.8) is 0 Å². The Bertz CT molecular complexity index is 2080. The van der Waals surface area contributed by atoms with Gasteiger partial charge in [-0.15, -0.1) is 0 Å². The molecule has 2 aliphatic heterocycles. The number of amides is 4. The molecule has 0 radical (unpaired) electrons. The van der Waals surface area contributed by atoms with Gasteiger partial charge < -0.3 is 29.6 Å². The van der Waals surface area contributed by atoms with E-state index in [1.807, 2.05) is 22.6 Å². The van der Waals surface area contributed by atoms with Gasteiger partial charge in [-0.3, -0.25) is 14.9 Å². The number of phenols is 2. The summed E-state index contributed by atoms with van der Waals surface area (Å²) in [6.07, 6.45) is 0. The summed E-state index contributed by atoms with van der Waals surface area (Å²) in [7, 11) is 1.51. The number of hydrogen-bond donors (Lipinski definition) is 4. The molecule has 1 aromatic heterocycles. The molecule has 260 valence electrons.